The molecule has 5 heteroatoms. The fraction of sp³-hybridized carbons (Fsp3) is 0.632. The molecule has 4 nitrogen and oxygen atoms in total. The molecule has 0 heterocycles. The Bertz CT molecular complexity index is 538. The Kier molecular flexibility index (Phi) is 8.07. The summed E-state index contributed by atoms with van der Waals surface area (Å²) in [5.41, 5.74) is 0.459. The van der Waals surface area contributed by atoms with Crippen molar-refractivity contribution in [1.82, 2.24) is 4.90 Å². The van der Waals surface area contributed by atoms with Gasteiger partial charge in [0, 0.05) is 16.6 Å². The highest BCUT2D eigenvalue weighted by Gasteiger charge is 2.24. The highest BCUT2D eigenvalue weighted by Crippen LogP contribution is 2.29. The topological polar surface area (TPSA) is 38.8 Å². The van der Waals surface area contributed by atoms with E-state index in [-0.39, 0.29) is 12.2 Å². The molecule has 0 aromatic heterocycles. The number of halogens is 1. The summed E-state index contributed by atoms with van der Waals surface area (Å²) in [4.78, 5) is 14.3. The number of ether oxygens (including phenoxy) is 2. The lowest BCUT2D eigenvalue weighted by Crippen LogP contribution is -2.37. The Morgan fingerprint density at radius 2 is 1.96 bits per heavy atom. The quantitative estimate of drug-likeness (QED) is 0.583. The third kappa shape index (κ3) is 7.12. The van der Waals surface area contributed by atoms with Crippen LogP contribution < -0.4 is 4.74 Å². The largest absolute Gasteiger partial charge is 0.491 e. The van der Waals surface area contributed by atoms with Crippen LogP contribution in [0.5, 0.6) is 5.75 Å². The number of nitrogens with zero attached hydrogens (tertiary/aromatic N) is 1. The van der Waals surface area contributed by atoms with E-state index in [1.165, 1.54) is 0 Å². The summed E-state index contributed by atoms with van der Waals surface area (Å²) in [6.07, 6.45) is 1.74. The first kappa shape index (κ1) is 20.8. The molecule has 24 heavy (non-hydrogen) atoms. The Balaban J connectivity index is 3.03. The molecule has 0 saturated carbocycles. The van der Waals surface area contributed by atoms with Crippen LogP contribution in [0.15, 0.2) is 22.7 Å². The molecule has 0 radical (unpaired) electrons. The molecule has 0 atom stereocenters. The molecule has 1 amide bonds. The SMILES string of the molecule is CCCCN(Cc1c(Br)cccc1OC(C)C)C(=O)OC(C)(C)C. The van der Waals surface area contributed by atoms with Crippen LogP contribution in [0.1, 0.15) is 59.9 Å². The van der Waals surface area contributed by atoms with Gasteiger partial charge in [-0.2, -0.15) is 0 Å². The number of amides is 1. The van der Waals surface area contributed by atoms with Crippen molar-refractivity contribution in [2.75, 3.05) is 6.54 Å². The lowest BCUT2D eigenvalue weighted by atomic mass is 10.1. The van der Waals surface area contributed by atoms with Crippen molar-refractivity contribution >= 4 is 22.0 Å². The van der Waals surface area contributed by atoms with Crippen molar-refractivity contribution in [1.29, 1.82) is 0 Å². The van der Waals surface area contributed by atoms with Crippen LogP contribution in [-0.4, -0.2) is 29.2 Å². The van der Waals surface area contributed by atoms with E-state index in [9.17, 15) is 4.79 Å². The zero-order valence-electron chi connectivity index (χ0n) is 15.7. The zero-order chi connectivity index (χ0) is 18.3. The van der Waals surface area contributed by atoms with Crippen molar-refractivity contribution in [3.63, 3.8) is 0 Å². The van der Waals surface area contributed by atoms with Gasteiger partial charge < -0.3 is 14.4 Å². The molecule has 0 aliphatic rings. The molecule has 0 bridgehead atoms. The van der Waals surface area contributed by atoms with Gasteiger partial charge in [-0.3, -0.25) is 0 Å². The van der Waals surface area contributed by atoms with Gasteiger partial charge in [0.1, 0.15) is 11.4 Å². The molecule has 0 aliphatic carbocycles. The summed E-state index contributed by atoms with van der Waals surface area (Å²) in [5, 5.41) is 0. The van der Waals surface area contributed by atoms with E-state index in [0.29, 0.717) is 13.1 Å². The van der Waals surface area contributed by atoms with Gasteiger partial charge >= 0.3 is 6.09 Å². The van der Waals surface area contributed by atoms with Crippen molar-refractivity contribution in [3.05, 3.63) is 28.2 Å². The van der Waals surface area contributed by atoms with Gasteiger partial charge in [-0.05, 0) is 53.2 Å². The first-order chi connectivity index (χ1) is 11.1. The van der Waals surface area contributed by atoms with E-state index in [2.05, 4.69) is 22.9 Å². The molecule has 1 aromatic rings. The van der Waals surface area contributed by atoms with Crippen LogP contribution in [-0.2, 0) is 11.3 Å². The summed E-state index contributed by atoms with van der Waals surface area (Å²) < 4.78 is 12.4. The molecule has 0 spiro atoms. The van der Waals surface area contributed by atoms with Gasteiger partial charge in [0.2, 0.25) is 0 Å². The van der Waals surface area contributed by atoms with Crippen LogP contribution in [0, 0.1) is 0 Å². The molecule has 0 saturated heterocycles. The van der Waals surface area contributed by atoms with Gasteiger partial charge in [0.25, 0.3) is 0 Å². The fourth-order valence-corrected chi connectivity index (χ4v) is 2.63. The number of carbonyl (C=O) groups is 1. The minimum Gasteiger partial charge on any atom is -0.491 e. The van der Waals surface area contributed by atoms with Crippen LogP contribution >= 0.6 is 15.9 Å². The predicted octanol–water partition coefficient (Wildman–Crippen LogP) is 5.77. The Morgan fingerprint density at radius 1 is 1.29 bits per heavy atom. The van der Waals surface area contributed by atoms with Crippen LogP contribution in [0.2, 0.25) is 0 Å². The Morgan fingerprint density at radius 3 is 2.50 bits per heavy atom. The third-order valence-electron chi connectivity index (χ3n) is 3.22. The molecular formula is C19H30BrNO3. The standard InChI is InChI=1S/C19H30BrNO3/c1-7-8-12-21(18(22)24-19(4,5)6)13-15-16(20)10-9-11-17(15)23-14(2)3/h9-11,14H,7-8,12-13H2,1-6H3. The second-order valence-electron chi connectivity index (χ2n) is 7.14. The van der Waals surface area contributed by atoms with Gasteiger partial charge in [-0.25, -0.2) is 4.79 Å². The van der Waals surface area contributed by atoms with Crippen molar-refractivity contribution in [2.45, 2.75) is 72.6 Å². The van der Waals surface area contributed by atoms with Gasteiger partial charge in [0.15, 0.2) is 0 Å². The summed E-state index contributed by atoms with van der Waals surface area (Å²) in [5.74, 6) is 0.796. The first-order valence-corrected chi connectivity index (χ1v) is 9.35. The highest BCUT2D eigenvalue weighted by molar-refractivity contribution is 9.10. The van der Waals surface area contributed by atoms with E-state index in [4.69, 9.17) is 9.47 Å². The van der Waals surface area contributed by atoms with E-state index in [1.54, 1.807) is 4.90 Å². The predicted molar refractivity (Wildman–Crippen MR) is 101 cm³/mol. The molecule has 0 N–H and O–H groups in total. The van der Waals surface area contributed by atoms with Crippen LogP contribution in [0.25, 0.3) is 0 Å². The summed E-state index contributed by atoms with van der Waals surface area (Å²) in [6, 6.07) is 5.85. The van der Waals surface area contributed by atoms with Crippen LogP contribution in [0.4, 0.5) is 4.79 Å². The smallest absolute Gasteiger partial charge is 0.410 e. The zero-order valence-corrected chi connectivity index (χ0v) is 17.3. The third-order valence-corrected chi connectivity index (χ3v) is 3.96. The summed E-state index contributed by atoms with van der Waals surface area (Å²) in [7, 11) is 0. The number of hydrogen-bond acceptors (Lipinski definition) is 3. The lowest BCUT2D eigenvalue weighted by molar-refractivity contribution is 0.0229. The molecular weight excluding hydrogens is 370 g/mol. The molecule has 136 valence electrons. The fourth-order valence-electron chi connectivity index (χ4n) is 2.16. The van der Waals surface area contributed by atoms with Crippen molar-refractivity contribution in [2.24, 2.45) is 0 Å². The maximum atomic E-state index is 12.6. The van der Waals surface area contributed by atoms with Crippen LogP contribution in [0.3, 0.4) is 0 Å². The molecule has 0 fully saturated rings. The summed E-state index contributed by atoms with van der Waals surface area (Å²) in [6.45, 7) is 12.9. The molecule has 1 rings (SSSR count). The lowest BCUT2D eigenvalue weighted by Gasteiger charge is -2.28. The maximum Gasteiger partial charge on any atom is 0.410 e. The summed E-state index contributed by atoms with van der Waals surface area (Å²) >= 11 is 3.59. The Labute approximate surface area is 154 Å². The van der Waals surface area contributed by atoms with E-state index in [0.717, 1.165) is 28.6 Å². The number of carbonyl (C=O) groups excluding carboxylic acids is 1. The number of unbranched alkanes of at least 4 members (excludes halogenated alkanes) is 1. The van der Waals surface area contributed by atoms with Gasteiger partial charge in [-0.1, -0.05) is 35.3 Å². The average molecular weight is 400 g/mol. The van der Waals surface area contributed by atoms with Crippen molar-refractivity contribution in [3.8, 4) is 5.75 Å². The highest BCUT2D eigenvalue weighted by atomic mass is 79.9. The Hall–Kier alpha value is -1.23. The minimum absolute atomic E-state index is 0.0728. The number of hydrogen-bond donors (Lipinski definition) is 0. The molecule has 0 aliphatic heterocycles. The van der Waals surface area contributed by atoms with Gasteiger partial charge in [0.05, 0.1) is 12.6 Å². The normalized spacial score (nSPS) is 11.5. The van der Waals surface area contributed by atoms with E-state index >= 15 is 0 Å². The van der Waals surface area contributed by atoms with E-state index in [1.807, 2.05) is 52.8 Å². The molecule has 0 unspecified atom stereocenters. The maximum absolute atomic E-state index is 12.6. The average Bonchev–Trinajstić information content (AvgIpc) is 2.43. The number of benzene rings is 1. The van der Waals surface area contributed by atoms with E-state index < -0.39 is 5.60 Å². The molecule has 1 aromatic carbocycles. The first-order valence-electron chi connectivity index (χ1n) is 8.56. The monoisotopic (exact) mass is 399 g/mol. The van der Waals surface area contributed by atoms with Crippen molar-refractivity contribution < 1.29 is 14.3 Å². The van der Waals surface area contributed by atoms with Gasteiger partial charge in [-0.15, -0.1) is 0 Å². The minimum atomic E-state index is -0.507. The number of rotatable bonds is 7. The second kappa shape index (κ2) is 9.30. The second-order valence-corrected chi connectivity index (χ2v) is 7.99.